The van der Waals surface area contributed by atoms with Crippen molar-refractivity contribution in [1.29, 1.82) is 0 Å². The van der Waals surface area contributed by atoms with Crippen LogP contribution in [0, 0.1) is 10.1 Å². The molecule has 0 atom stereocenters. The van der Waals surface area contributed by atoms with E-state index in [9.17, 15) is 0 Å². The van der Waals surface area contributed by atoms with Gasteiger partial charge >= 0.3 is 0 Å². The highest BCUT2D eigenvalue weighted by Gasteiger charge is 2.14. The van der Waals surface area contributed by atoms with Crippen LogP contribution in [0.25, 0.3) is 11.5 Å². The van der Waals surface area contributed by atoms with E-state index in [0.717, 1.165) is 17.0 Å². The lowest BCUT2D eigenvalue weighted by molar-refractivity contribution is -0.742. The molecule has 0 saturated carbocycles. The number of halogens is 3. The van der Waals surface area contributed by atoms with Crippen molar-refractivity contribution in [3.8, 4) is 5.75 Å². The van der Waals surface area contributed by atoms with Gasteiger partial charge in [-0.25, -0.2) is 4.98 Å². The molecule has 0 amide bonds. The minimum atomic E-state index is -1.50. The molecule has 0 bridgehead atoms. The van der Waals surface area contributed by atoms with Gasteiger partial charge in [0, 0.05) is 28.0 Å². The molecule has 164 valence electrons. The summed E-state index contributed by atoms with van der Waals surface area (Å²) in [4.78, 5) is 12.4. The molecule has 0 fully saturated rings. The van der Waals surface area contributed by atoms with Gasteiger partial charge in [-0.2, -0.15) is 0 Å². The van der Waals surface area contributed by atoms with Crippen LogP contribution in [0.1, 0.15) is 12.5 Å². The number of ether oxygens (including phenoxy) is 2. The van der Waals surface area contributed by atoms with Crippen molar-refractivity contribution < 1.29 is 19.8 Å². The van der Waals surface area contributed by atoms with Gasteiger partial charge in [-0.15, -0.1) is 10.1 Å². The maximum Gasteiger partial charge on any atom is 0.291 e. The van der Waals surface area contributed by atoms with Crippen molar-refractivity contribution in [2.75, 3.05) is 13.2 Å². The Balaban J connectivity index is 0.000000785. The van der Waals surface area contributed by atoms with Crippen LogP contribution in [0.2, 0.25) is 15.1 Å². The first-order valence-electron chi connectivity index (χ1n) is 8.77. The zero-order valence-electron chi connectivity index (χ0n) is 16.2. The Hall–Kier alpha value is -2.94. The van der Waals surface area contributed by atoms with Crippen LogP contribution in [0.5, 0.6) is 5.75 Å². The number of nitrogens with zero attached hydrogens (tertiary/aromatic N) is 3. The molecule has 8 nitrogen and oxygen atoms in total. The molecular weight excluding hydrogens is 469 g/mol. The van der Waals surface area contributed by atoms with E-state index < -0.39 is 5.09 Å². The van der Waals surface area contributed by atoms with Crippen molar-refractivity contribution in [2.45, 2.75) is 6.92 Å². The van der Waals surface area contributed by atoms with Crippen LogP contribution in [-0.2, 0) is 4.74 Å². The average molecular weight is 487 g/mol. The summed E-state index contributed by atoms with van der Waals surface area (Å²) in [6.45, 7) is 2.64. The van der Waals surface area contributed by atoms with Gasteiger partial charge in [-0.3, -0.25) is 0 Å². The molecular formula is C20H18Cl3N3O5. The Morgan fingerprint density at radius 2 is 1.77 bits per heavy atom. The highest BCUT2D eigenvalue weighted by Crippen LogP contribution is 2.31. The van der Waals surface area contributed by atoms with E-state index in [1.165, 1.54) is 0 Å². The summed E-state index contributed by atoms with van der Waals surface area (Å²) in [5.41, 5.74) is 1.60. The van der Waals surface area contributed by atoms with E-state index >= 15 is 0 Å². The van der Waals surface area contributed by atoms with Crippen LogP contribution in [0.4, 0.5) is 0 Å². The predicted octanol–water partition coefficient (Wildman–Crippen LogP) is 5.94. The number of benzene rings is 2. The number of aromatic nitrogens is 2. The molecule has 1 aromatic heterocycles. The Morgan fingerprint density at radius 1 is 1.13 bits per heavy atom. The highest BCUT2D eigenvalue weighted by atomic mass is 35.5. The maximum absolute atomic E-state index is 8.36. The molecule has 3 rings (SSSR count). The second kappa shape index (κ2) is 12.0. The van der Waals surface area contributed by atoms with Crippen LogP contribution in [0.15, 0.2) is 61.2 Å². The highest BCUT2D eigenvalue weighted by molar-refractivity contribution is 6.35. The first-order chi connectivity index (χ1) is 14.8. The van der Waals surface area contributed by atoms with Gasteiger partial charge < -0.3 is 19.2 Å². The van der Waals surface area contributed by atoms with E-state index in [1.54, 1.807) is 36.8 Å². The largest absolute Gasteiger partial charge is 0.490 e. The predicted molar refractivity (Wildman–Crippen MR) is 119 cm³/mol. The summed E-state index contributed by atoms with van der Waals surface area (Å²) >= 11 is 18.3. The lowest BCUT2D eigenvalue weighted by atomic mass is 10.1. The second-order valence-electron chi connectivity index (χ2n) is 5.90. The molecule has 0 aliphatic carbocycles. The summed E-state index contributed by atoms with van der Waals surface area (Å²) in [5, 5.41) is 15.4. The first kappa shape index (κ1) is 24.3. The second-order valence-corrected chi connectivity index (χ2v) is 7.18. The fourth-order valence-electron chi connectivity index (χ4n) is 2.46. The van der Waals surface area contributed by atoms with E-state index in [0.29, 0.717) is 34.0 Å². The van der Waals surface area contributed by atoms with Crippen LogP contribution >= 0.6 is 34.8 Å². The smallest absolute Gasteiger partial charge is 0.291 e. The van der Waals surface area contributed by atoms with Crippen molar-refractivity contribution in [3.63, 3.8) is 0 Å². The quantitative estimate of drug-likeness (QED) is 0.192. The van der Waals surface area contributed by atoms with Crippen LogP contribution in [0.3, 0.4) is 0 Å². The number of rotatable bonds is 7. The third-order valence-electron chi connectivity index (χ3n) is 3.81. The molecule has 2 aromatic carbocycles. The lowest BCUT2D eigenvalue weighted by Crippen LogP contribution is -2.08. The summed E-state index contributed by atoms with van der Waals surface area (Å²) in [6.07, 6.45) is 5.24. The molecule has 11 heteroatoms. The van der Waals surface area contributed by atoms with Gasteiger partial charge in [-0.1, -0.05) is 34.8 Å². The molecule has 0 aliphatic rings. The van der Waals surface area contributed by atoms with E-state index in [4.69, 9.17) is 59.6 Å². The summed E-state index contributed by atoms with van der Waals surface area (Å²) < 4.78 is 13.6. The fraction of sp³-hybridized carbons (Fsp3) is 0.150. The standard InChI is InChI=1S/C20H17Cl3N2O2.HNO3/c1-14(25-9-8-24-13-25)20(18-7-4-16(22)12-19(18)23)27-11-10-26-17-5-2-15(21)3-6-17;2-1(3)4/h2-9,12-13H,10-11H2,1H3;(H,2,3,4)/b20-14-;. The Kier molecular flexibility index (Phi) is 9.45. The zero-order valence-corrected chi connectivity index (χ0v) is 18.5. The lowest BCUT2D eigenvalue weighted by Gasteiger charge is -2.17. The monoisotopic (exact) mass is 485 g/mol. The first-order valence-corrected chi connectivity index (χ1v) is 9.90. The Labute approximate surface area is 193 Å². The third kappa shape index (κ3) is 8.01. The fourth-order valence-corrected chi connectivity index (χ4v) is 3.08. The molecule has 0 saturated heterocycles. The SMILES string of the molecule is C/C(=C(/OCCOc1ccc(Cl)cc1)c1ccc(Cl)cc1Cl)n1ccnc1.O=[N+]([O-])O. The molecule has 0 aliphatic heterocycles. The molecule has 1 N–H and O–H groups in total. The van der Waals surface area contributed by atoms with E-state index in [-0.39, 0.29) is 0 Å². The topological polar surface area (TPSA) is 99.7 Å². The number of hydrogen-bond donors (Lipinski definition) is 1. The minimum Gasteiger partial charge on any atom is -0.490 e. The molecule has 31 heavy (non-hydrogen) atoms. The van der Waals surface area contributed by atoms with Gasteiger partial charge in [0.25, 0.3) is 5.09 Å². The van der Waals surface area contributed by atoms with Crippen molar-refractivity contribution in [1.82, 2.24) is 9.55 Å². The van der Waals surface area contributed by atoms with Crippen molar-refractivity contribution in [2.24, 2.45) is 0 Å². The van der Waals surface area contributed by atoms with Gasteiger partial charge in [0.05, 0.1) is 17.0 Å². The summed E-state index contributed by atoms with van der Waals surface area (Å²) in [6, 6.07) is 12.5. The van der Waals surface area contributed by atoms with Crippen molar-refractivity contribution in [3.05, 3.63) is 91.9 Å². The van der Waals surface area contributed by atoms with Crippen LogP contribution in [-0.4, -0.2) is 33.1 Å². The van der Waals surface area contributed by atoms with E-state index in [1.807, 2.05) is 35.9 Å². The molecule has 1 heterocycles. The maximum atomic E-state index is 8.36. The molecule has 0 unspecified atom stereocenters. The van der Waals surface area contributed by atoms with Gasteiger partial charge in [0.15, 0.2) is 0 Å². The summed E-state index contributed by atoms with van der Waals surface area (Å²) in [5.74, 6) is 1.36. The van der Waals surface area contributed by atoms with E-state index in [2.05, 4.69) is 4.98 Å². The Bertz CT molecular complexity index is 1020. The van der Waals surface area contributed by atoms with Gasteiger partial charge in [-0.05, 0) is 49.4 Å². The van der Waals surface area contributed by atoms with Gasteiger partial charge in [0.1, 0.15) is 24.7 Å². The number of allylic oxidation sites excluding steroid dienone is 1. The summed E-state index contributed by atoms with van der Waals surface area (Å²) in [7, 11) is 0. The normalized spacial score (nSPS) is 11.1. The van der Waals surface area contributed by atoms with Gasteiger partial charge in [0.2, 0.25) is 0 Å². The molecule has 0 radical (unpaired) electrons. The minimum absolute atomic E-state index is 0.336. The zero-order chi connectivity index (χ0) is 22.8. The average Bonchev–Trinajstić information content (AvgIpc) is 3.24. The molecule has 3 aromatic rings. The number of imidazole rings is 1. The Morgan fingerprint density at radius 3 is 2.35 bits per heavy atom. The van der Waals surface area contributed by atoms with Crippen molar-refractivity contribution >= 4 is 46.3 Å². The number of hydrogen-bond acceptors (Lipinski definition) is 5. The molecule has 0 spiro atoms. The van der Waals surface area contributed by atoms with Crippen LogP contribution < -0.4 is 4.74 Å². The third-order valence-corrected chi connectivity index (χ3v) is 4.61.